The summed E-state index contributed by atoms with van der Waals surface area (Å²) in [5.74, 6) is 0. The molecule has 1 fully saturated rings. The molecule has 1 N–H and O–H groups in total. The maximum Gasteiger partial charge on any atom is 0.416 e. The quantitative estimate of drug-likeness (QED) is 0.384. The van der Waals surface area contributed by atoms with Crippen LogP contribution in [0.25, 0.3) is 0 Å². The van der Waals surface area contributed by atoms with Gasteiger partial charge >= 0.3 is 24.5 Å². The van der Waals surface area contributed by atoms with E-state index in [0.29, 0.717) is 30.5 Å². The minimum Gasteiger partial charge on any atom is -0.444 e. The van der Waals surface area contributed by atoms with Gasteiger partial charge in [-0.2, -0.15) is 26.3 Å². The summed E-state index contributed by atoms with van der Waals surface area (Å²) in [5.41, 5.74) is -3.27. The molecule has 1 unspecified atom stereocenters. The number of alkyl carbamates (subject to hydrolysis) is 1. The van der Waals surface area contributed by atoms with Crippen LogP contribution in [0.4, 0.5) is 35.9 Å². The van der Waals surface area contributed by atoms with Gasteiger partial charge in [-0.1, -0.05) is 30.3 Å². The molecule has 0 radical (unpaired) electrons. The van der Waals surface area contributed by atoms with Crippen molar-refractivity contribution in [2.45, 2.75) is 76.6 Å². The highest BCUT2D eigenvalue weighted by Gasteiger charge is 2.41. The average molecular weight is 574 g/mol. The first-order valence-electron chi connectivity index (χ1n) is 12.8. The molecular formula is C28H33F6N3O3. The van der Waals surface area contributed by atoms with Gasteiger partial charge in [0, 0.05) is 13.6 Å². The Morgan fingerprint density at radius 1 is 0.975 bits per heavy atom. The van der Waals surface area contributed by atoms with E-state index in [1.54, 1.807) is 51.1 Å². The lowest BCUT2D eigenvalue weighted by Gasteiger charge is -2.44. The number of nitrogens with one attached hydrogen (secondary N) is 1. The van der Waals surface area contributed by atoms with Crippen LogP contribution in [0.3, 0.4) is 0 Å². The van der Waals surface area contributed by atoms with Crippen LogP contribution >= 0.6 is 0 Å². The van der Waals surface area contributed by atoms with Crippen molar-refractivity contribution in [3.05, 3.63) is 70.8 Å². The van der Waals surface area contributed by atoms with Gasteiger partial charge in [0.05, 0.1) is 29.3 Å². The molecule has 1 aliphatic heterocycles. The second-order valence-electron chi connectivity index (χ2n) is 10.9. The highest BCUT2D eigenvalue weighted by molar-refractivity contribution is 5.76. The molecule has 1 aliphatic rings. The van der Waals surface area contributed by atoms with Crippen molar-refractivity contribution in [2.75, 3.05) is 13.6 Å². The Morgan fingerprint density at radius 2 is 1.52 bits per heavy atom. The zero-order valence-corrected chi connectivity index (χ0v) is 22.9. The molecule has 0 aliphatic carbocycles. The van der Waals surface area contributed by atoms with E-state index in [4.69, 9.17) is 4.74 Å². The first-order valence-corrected chi connectivity index (χ1v) is 12.8. The highest BCUT2D eigenvalue weighted by Crippen LogP contribution is 2.39. The predicted octanol–water partition coefficient (Wildman–Crippen LogP) is 7.57. The van der Waals surface area contributed by atoms with Crippen molar-refractivity contribution in [1.82, 2.24) is 15.1 Å². The third kappa shape index (κ3) is 7.60. The van der Waals surface area contributed by atoms with Crippen molar-refractivity contribution in [1.29, 1.82) is 0 Å². The van der Waals surface area contributed by atoms with E-state index in [9.17, 15) is 35.9 Å². The lowest BCUT2D eigenvalue weighted by Crippen LogP contribution is -2.55. The summed E-state index contributed by atoms with van der Waals surface area (Å²) < 4.78 is 86.0. The van der Waals surface area contributed by atoms with Crippen molar-refractivity contribution >= 4 is 12.1 Å². The van der Waals surface area contributed by atoms with Gasteiger partial charge in [0.25, 0.3) is 0 Å². The second-order valence-corrected chi connectivity index (χ2v) is 10.9. The summed E-state index contributed by atoms with van der Waals surface area (Å²) in [6, 6.07) is 7.25. The molecule has 2 aromatic rings. The second kappa shape index (κ2) is 11.6. The zero-order chi connectivity index (χ0) is 30.0. The number of halogens is 6. The Bertz CT molecular complexity index is 1160. The van der Waals surface area contributed by atoms with Crippen LogP contribution in [-0.4, -0.2) is 47.2 Å². The maximum absolute atomic E-state index is 13.8. The molecule has 3 rings (SSSR count). The van der Waals surface area contributed by atoms with Crippen LogP contribution in [0.1, 0.15) is 74.9 Å². The number of ether oxygens (including phenoxy) is 1. The maximum atomic E-state index is 13.8. The van der Waals surface area contributed by atoms with Crippen LogP contribution in [-0.2, 0) is 17.1 Å². The summed E-state index contributed by atoms with van der Waals surface area (Å²) >= 11 is 0. The molecule has 3 atom stereocenters. The van der Waals surface area contributed by atoms with E-state index in [1.807, 2.05) is 0 Å². The van der Waals surface area contributed by atoms with Crippen LogP contribution < -0.4 is 5.32 Å². The summed E-state index contributed by atoms with van der Waals surface area (Å²) in [7, 11) is 1.33. The van der Waals surface area contributed by atoms with Crippen molar-refractivity contribution in [2.24, 2.45) is 0 Å². The first-order chi connectivity index (χ1) is 18.4. The number of likely N-dealkylation sites (tertiary alicyclic amines) is 1. The fourth-order valence-electron chi connectivity index (χ4n) is 4.69. The van der Waals surface area contributed by atoms with Gasteiger partial charge in [0.2, 0.25) is 0 Å². The number of hydrogen-bond donors (Lipinski definition) is 1. The van der Waals surface area contributed by atoms with Crippen molar-refractivity contribution in [3.63, 3.8) is 0 Å². The molecule has 12 heteroatoms. The molecule has 220 valence electrons. The molecule has 0 bridgehead atoms. The minimum atomic E-state index is -5.01. The number of carbonyl (C=O) groups is 2. The fourth-order valence-corrected chi connectivity index (χ4v) is 4.69. The summed E-state index contributed by atoms with van der Waals surface area (Å²) in [4.78, 5) is 29.0. The number of rotatable bonds is 4. The Balaban J connectivity index is 1.95. The van der Waals surface area contributed by atoms with Gasteiger partial charge in [-0.25, -0.2) is 9.59 Å². The normalized spacial score (nSPS) is 19.1. The van der Waals surface area contributed by atoms with Crippen molar-refractivity contribution in [3.8, 4) is 0 Å². The Kier molecular flexibility index (Phi) is 9.00. The van der Waals surface area contributed by atoms with Gasteiger partial charge in [0.15, 0.2) is 0 Å². The van der Waals surface area contributed by atoms with Crippen molar-refractivity contribution < 1.29 is 40.7 Å². The number of amides is 3. The molecule has 1 saturated heterocycles. The van der Waals surface area contributed by atoms with Gasteiger partial charge in [-0.15, -0.1) is 0 Å². The van der Waals surface area contributed by atoms with Crippen LogP contribution in [0, 0.1) is 0 Å². The summed E-state index contributed by atoms with van der Waals surface area (Å²) in [5, 5.41) is 2.83. The summed E-state index contributed by atoms with van der Waals surface area (Å²) in [6.07, 6.45) is -9.67. The van der Waals surface area contributed by atoms with Crippen LogP contribution in [0.5, 0.6) is 0 Å². The number of carbonyl (C=O) groups excluding carboxylic acids is 2. The molecule has 6 nitrogen and oxygen atoms in total. The number of nitrogens with zero attached hydrogens (tertiary/aromatic N) is 2. The molecule has 0 aromatic heterocycles. The average Bonchev–Trinajstić information content (AvgIpc) is 2.85. The Hall–Kier alpha value is -3.44. The van der Waals surface area contributed by atoms with E-state index in [2.05, 4.69) is 5.32 Å². The highest BCUT2D eigenvalue weighted by atomic mass is 19.4. The SMILES string of the molecule is C[C@H](c1cc(C(F)(F)F)cc(C(F)(F)F)c1)N(C)C(=O)N1CCCC(NC(=O)OC(C)(C)C)[C@H]1c1ccccc1. The van der Waals surface area contributed by atoms with Crippen LogP contribution in [0.2, 0.25) is 0 Å². The topological polar surface area (TPSA) is 61.9 Å². The molecular weight excluding hydrogens is 540 g/mol. The predicted molar refractivity (Wildman–Crippen MR) is 136 cm³/mol. The number of alkyl halides is 6. The zero-order valence-electron chi connectivity index (χ0n) is 22.9. The number of piperidine rings is 1. The van der Waals surface area contributed by atoms with E-state index in [-0.39, 0.29) is 18.2 Å². The largest absolute Gasteiger partial charge is 0.444 e. The summed E-state index contributed by atoms with van der Waals surface area (Å²) in [6.45, 7) is 6.77. The van der Waals surface area contributed by atoms with E-state index in [1.165, 1.54) is 18.9 Å². The van der Waals surface area contributed by atoms with Gasteiger partial charge in [0.1, 0.15) is 5.60 Å². The molecule has 40 heavy (non-hydrogen) atoms. The van der Waals surface area contributed by atoms with Gasteiger partial charge in [-0.05, 0) is 69.9 Å². The van der Waals surface area contributed by atoms with Gasteiger partial charge < -0.3 is 19.9 Å². The minimum absolute atomic E-state index is 0.0566. The number of hydrogen-bond acceptors (Lipinski definition) is 3. The van der Waals surface area contributed by atoms with E-state index < -0.39 is 59.3 Å². The van der Waals surface area contributed by atoms with Crippen LogP contribution in [0.15, 0.2) is 48.5 Å². The standard InChI is InChI=1S/C28H33F6N3O3/c1-17(19-14-20(27(29,30)31)16-21(15-19)28(32,33)34)36(5)25(39)37-13-9-12-22(35-24(38)40-26(2,3)4)23(37)18-10-7-6-8-11-18/h6-8,10-11,14-17,22-23H,9,12-13H2,1-5H3,(H,35,38)/t17-,22?,23-/m1/s1. The third-order valence-electron chi connectivity index (χ3n) is 6.70. The number of benzene rings is 2. The molecule has 3 amide bonds. The first kappa shape index (κ1) is 31.1. The van der Waals surface area contributed by atoms with E-state index >= 15 is 0 Å². The molecule has 2 aromatic carbocycles. The number of urea groups is 1. The lowest BCUT2D eigenvalue weighted by molar-refractivity contribution is -0.143. The Labute approximate surface area is 229 Å². The van der Waals surface area contributed by atoms with E-state index in [0.717, 1.165) is 4.90 Å². The molecule has 0 spiro atoms. The third-order valence-corrected chi connectivity index (χ3v) is 6.70. The fraction of sp³-hybridized carbons (Fsp3) is 0.500. The monoisotopic (exact) mass is 573 g/mol. The smallest absolute Gasteiger partial charge is 0.416 e. The van der Waals surface area contributed by atoms with Gasteiger partial charge in [-0.3, -0.25) is 0 Å². The Morgan fingerprint density at radius 3 is 2.02 bits per heavy atom. The molecule has 1 heterocycles. The lowest BCUT2D eigenvalue weighted by atomic mass is 9.90. The molecule has 0 saturated carbocycles.